The van der Waals surface area contributed by atoms with Crippen molar-refractivity contribution in [3.63, 3.8) is 0 Å². The van der Waals surface area contributed by atoms with Crippen LogP contribution in [0, 0.1) is 5.92 Å². The van der Waals surface area contributed by atoms with Crippen LogP contribution in [-0.2, 0) is 11.2 Å². The van der Waals surface area contributed by atoms with Crippen LogP contribution in [0.1, 0.15) is 51.3 Å². The monoisotopic (exact) mass is 363 g/mol. The summed E-state index contributed by atoms with van der Waals surface area (Å²) in [6.45, 7) is 5.58. The van der Waals surface area contributed by atoms with E-state index < -0.39 is 0 Å². The van der Waals surface area contributed by atoms with Crippen molar-refractivity contribution in [2.45, 2.75) is 64.0 Å². The van der Waals surface area contributed by atoms with Crippen molar-refractivity contribution >= 4 is 22.6 Å². The second kappa shape index (κ2) is 7.58. The summed E-state index contributed by atoms with van der Waals surface area (Å²) in [6.07, 6.45) is 8.13. The second-order valence-electron chi connectivity index (χ2n) is 7.62. The van der Waals surface area contributed by atoms with Crippen LogP contribution in [0.25, 0.3) is 0 Å². The molecule has 1 saturated carbocycles. The molecule has 0 radical (unpaired) electrons. The Morgan fingerprint density at radius 2 is 2.08 bits per heavy atom. The van der Waals surface area contributed by atoms with E-state index in [4.69, 9.17) is 0 Å². The molecule has 3 unspecified atom stereocenters. The highest BCUT2D eigenvalue weighted by Gasteiger charge is 2.39. The third-order valence-corrected chi connectivity index (χ3v) is 6.83. The Hall–Kier alpha value is -1.21. The lowest BCUT2D eigenvalue weighted by molar-refractivity contribution is -0.133. The molecule has 1 aliphatic carbocycles. The van der Waals surface area contributed by atoms with Crippen molar-refractivity contribution in [2.75, 3.05) is 31.1 Å². The molecular weight excluding hydrogens is 334 g/mol. The van der Waals surface area contributed by atoms with Gasteiger partial charge in [-0.1, -0.05) is 19.8 Å². The third kappa shape index (κ3) is 3.67. The second-order valence-corrected chi connectivity index (χ2v) is 8.35. The van der Waals surface area contributed by atoms with Crippen LogP contribution >= 0.6 is 11.5 Å². The van der Waals surface area contributed by atoms with Crippen molar-refractivity contribution in [1.82, 2.24) is 19.6 Å². The summed E-state index contributed by atoms with van der Waals surface area (Å²) in [5.74, 6) is 1.97. The SMILES string of the molecule is CCc1nsc(N2CCCN(C(=O)C3CC4CCCCC4N3)CC2)n1. The number of nitrogens with one attached hydrogen (secondary N) is 1. The Morgan fingerprint density at radius 3 is 2.88 bits per heavy atom. The Morgan fingerprint density at radius 1 is 1.20 bits per heavy atom. The molecule has 0 bridgehead atoms. The van der Waals surface area contributed by atoms with Gasteiger partial charge in [0.25, 0.3) is 0 Å². The van der Waals surface area contributed by atoms with Crippen molar-refractivity contribution in [3.8, 4) is 0 Å². The standard InChI is InChI=1S/C18H29N5OS/c1-2-16-20-18(25-21-16)23-9-5-8-22(10-11-23)17(24)15-12-13-6-3-4-7-14(13)19-15/h13-15,19H,2-12H2,1H3. The molecule has 0 spiro atoms. The fraction of sp³-hybridized carbons (Fsp3) is 0.833. The van der Waals surface area contributed by atoms with Crippen LogP contribution in [0.3, 0.4) is 0 Å². The van der Waals surface area contributed by atoms with Crippen LogP contribution in [0.2, 0.25) is 0 Å². The average Bonchev–Trinajstić information content (AvgIpc) is 3.22. The van der Waals surface area contributed by atoms with Crippen molar-refractivity contribution in [2.24, 2.45) is 5.92 Å². The maximum Gasteiger partial charge on any atom is 0.239 e. The Bertz CT molecular complexity index is 592. The molecule has 2 saturated heterocycles. The zero-order valence-electron chi connectivity index (χ0n) is 15.1. The third-order valence-electron chi connectivity index (χ3n) is 6.01. The van der Waals surface area contributed by atoms with Gasteiger partial charge in [-0.05, 0) is 31.6 Å². The number of hydrogen-bond acceptors (Lipinski definition) is 6. The first-order valence-corrected chi connectivity index (χ1v) is 10.6. The minimum absolute atomic E-state index is 0.0490. The highest BCUT2D eigenvalue weighted by atomic mass is 32.1. The van der Waals surface area contributed by atoms with Gasteiger partial charge in [-0.25, -0.2) is 4.98 Å². The molecule has 7 heteroatoms. The molecule has 138 valence electrons. The van der Waals surface area contributed by atoms with E-state index in [1.807, 2.05) is 0 Å². The van der Waals surface area contributed by atoms with Crippen molar-refractivity contribution in [1.29, 1.82) is 0 Å². The molecule has 1 N–H and O–H groups in total. The van der Waals surface area contributed by atoms with Crippen molar-refractivity contribution < 1.29 is 4.79 Å². The van der Waals surface area contributed by atoms with Gasteiger partial charge in [-0.15, -0.1) is 0 Å². The van der Waals surface area contributed by atoms with Gasteiger partial charge in [0.2, 0.25) is 11.0 Å². The Balaban J connectivity index is 1.35. The summed E-state index contributed by atoms with van der Waals surface area (Å²) in [4.78, 5) is 22.0. The van der Waals surface area contributed by atoms with E-state index in [2.05, 4.69) is 31.4 Å². The zero-order chi connectivity index (χ0) is 17.2. The molecule has 3 aliphatic rings. The zero-order valence-corrected chi connectivity index (χ0v) is 15.9. The summed E-state index contributed by atoms with van der Waals surface area (Å²) in [7, 11) is 0. The highest BCUT2D eigenvalue weighted by molar-refractivity contribution is 7.09. The summed E-state index contributed by atoms with van der Waals surface area (Å²) in [5.41, 5.74) is 0. The van der Waals surface area contributed by atoms with Gasteiger partial charge < -0.3 is 15.1 Å². The fourth-order valence-corrected chi connectivity index (χ4v) is 5.38. The number of anilines is 1. The van der Waals surface area contributed by atoms with Gasteiger partial charge in [0.1, 0.15) is 5.82 Å². The van der Waals surface area contributed by atoms with Gasteiger partial charge >= 0.3 is 0 Å². The number of rotatable bonds is 3. The van der Waals surface area contributed by atoms with E-state index >= 15 is 0 Å². The number of amides is 1. The minimum Gasteiger partial charge on any atom is -0.345 e. The smallest absolute Gasteiger partial charge is 0.239 e. The number of carbonyl (C=O) groups is 1. The van der Waals surface area contributed by atoms with E-state index in [0.29, 0.717) is 11.9 Å². The molecule has 4 rings (SSSR count). The van der Waals surface area contributed by atoms with E-state index in [1.165, 1.54) is 37.2 Å². The molecule has 1 amide bonds. The first kappa shape index (κ1) is 17.2. The summed E-state index contributed by atoms with van der Waals surface area (Å²) in [6, 6.07) is 0.632. The van der Waals surface area contributed by atoms with Crippen LogP contribution in [-0.4, -0.2) is 58.4 Å². The minimum atomic E-state index is 0.0490. The van der Waals surface area contributed by atoms with Crippen molar-refractivity contribution in [3.05, 3.63) is 5.82 Å². The average molecular weight is 364 g/mol. The van der Waals surface area contributed by atoms with E-state index in [0.717, 1.165) is 62.3 Å². The molecule has 3 heterocycles. The molecule has 25 heavy (non-hydrogen) atoms. The fourth-order valence-electron chi connectivity index (χ4n) is 4.58. The van der Waals surface area contributed by atoms with Gasteiger partial charge in [0, 0.05) is 50.2 Å². The lowest BCUT2D eigenvalue weighted by atomic mass is 9.85. The molecule has 1 aromatic rings. The summed E-state index contributed by atoms with van der Waals surface area (Å²) >= 11 is 1.49. The molecule has 2 aliphatic heterocycles. The highest BCUT2D eigenvalue weighted by Crippen LogP contribution is 2.33. The molecule has 0 aromatic carbocycles. The number of carbonyl (C=O) groups excluding carboxylic acids is 1. The van der Waals surface area contributed by atoms with Crippen LogP contribution in [0.4, 0.5) is 5.13 Å². The van der Waals surface area contributed by atoms with Crippen LogP contribution in [0.15, 0.2) is 0 Å². The van der Waals surface area contributed by atoms with Crippen LogP contribution in [0.5, 0.6) is 0 Å². The summed E-state index contributed by atoms with van der Waals surface area (Å²) in [5, 5.41) is 4.65. The van der Waals surface area contributed by atoms with E-state index in [9.17, 15) is 4.79 Å². The van der Waals surface area contributed by atoms with E-state index in [1.54, 1.807) is 0 Å². The first-order valence-electron chi connectivity index (χ1n) is 9.87. The molecule has 3 atom stereocenters. The lowest BCUT2D eigenvalue weighted by Crippen LogP contribution is -2.46. The maximum atomic E-state index is 13.0. The summed E-state index contributed by atoms with van der Waals surface area (Å²) < 4.78 is 4.40. The largest absolute Gasteiger partial charge is 0.345 e. The van der Waals surface area contributed by atoms with Gasteiger partial charge in [-0.3, -0.25) is 4.79 Å². The lowest BCUT2D eigenvalue weighted by Gasteiger charge is -2.25. The predicted octanol–water partition coefficient (Wildman–Crippen LogP) is 2.06. The number of hydrogen-bond donors (Lipinski definition) is 1. The quantitative estimate of drug-likeness (QED) is 0.891. The number of nitrogens with zero attached hydrogens (tertiary/aromatic N) is 4. The Kier molecular flexibility index (Phi) is 5.22. The molecule has 6 nitrogen and oxygen atoms in total. The Labute approximate surface area is 154 Å². The van der Waals surface area contributed by atoms with Crippen LogP contribution < -0.4 is 10.2 Å². The number of aryl methyl sites for hydroxylation is 1. The topological polar surface area (TPSA) is 61.4 Å². The molecule has 3 fully saturated rings. The van der Waals surface area contributed by atoms with E-state index in [-0.39, 0.29) is 6.04 Å². The van der Waals surface area contributed by atoms with Gasteiger partial charge in [-0.2, -0.15) is 4.37 Å². The number of fused-ring (bicyclic) bond motifs is 1. The van der Waals surface area contributed by atoms with Gasteiger partial charge in [0.05, 0.1) is 6.04 Å². The molecular formula is C18H29N5OS. The maximum absolute atomic E-state index is 13.0. The number of aromatic nitrogens is 2. The predicted molar refractivity (Wildman–Crippen MR) is 100.0 cm³/mol. The first-order chi connectivity index (χ1) is 12.2. The molecule has 1 aromatic heterocycles. The normalized spacial score (nSPS) is 30.2. The van der Waals surface area contributed by atoms with Gasteiger partial charge in [0.15, 0.2) is 0 Å².